The molecular weight excluding hydrogens is 511 g/mol. The molecule has 0 bridgehead atoms. The van der Waals surface area contributed by atoms with E-state index in [9.17, 15) is 31.5 Å². The Morgan fingerprint density at radius 1 is 1.13 bits per heavy atom. The summed E-state index contributed by atoms with van der Waals surface area (Å²) in [4.78, 5) is 34.4. The van der Waals surface area contributed by atoms with Gasteiger partial charge >= 0.3 is 6.18 Å². The van der Waals surface area contributed by atoms with E-state index in [-0.39, 0.29) is 18.0 Å². The fraction of sp³-hybridized carbons (Fsp3) is 0.385. The van der Waals surface area contributed by atoms with Crippen molar-refractivity contribution in [3.8, 4) is 0 Å². The number of carbonyl (C=O) groups excluding carboxylic acids is 2. The molecule has 0 radical (unpaired) electrons. The highest BCUT2D eigenvalue weighted by molar-refractivity contribution is 5.89. The number of oxazole rings is 1. The third kappa shape index (κ3) is 6.00. The topological polar surface area (TPSA) is 88.3 Å². The molecule has 1 N–H and O–H groups in total. The fourth-order valence-corrected chi connectivity index (χ4v) is 4.32. The van der Waals surface area contributed by atoms with Crippen LogP contribution in [0.25, 0.3) is 0 Å². The van der Waals surface area contributed by atoms with Gasteiger partial charge in [-0.05, 0) is 17.5 Å². The zero-order valence-electron chi connectivity index (χ0n) is 20.5. The van der Waals surface area contributed by atoms with Crippen LogP contribution in [-0.4, -0.2) is 45.4 Å². The number of rotatable bonds is 7. The van der Waals surface area contributed by atoms with E-state index in [2.05, 4.69) is 15.3 Å². The number of amides is 2. The summed E-state index contributed by atoms with van der Waals surface area (Å²) in [6, 6.07) is 9.64. The maximum Gasteiger partial charge on any atom is 0.436 e. The molecule has 3 aromatic rings. The molecule has 2 aromatic heterocycles. The number of pyridine rings is 1. The first-order chi connectivity index (χ1) is 17.9. The van der Waals surface area contributed by atoms with Crippen LogP contribution in [0, 0.1) is 5.95 Å². The van der Waals surface area contributed by atoms with Crippen LogP contribution in [0.15, 0.2) is 53.1 Å². The number of halogens is 5. The Hall–Kier alpha value is -3.83. The fourth-order valence-electron chi connectivity index (χ4n) is 4.32. The Morgan fingerprint density at radius 2 is 1.84 bits per heavy atom. The minimum atomic E-state index is -4.75. The second-order valence-corrected chi connectivity index (χ2v) is 9.32. The third-order valence-corrected chi connectivity index (χ3v) is 6.25. The van der Waals surface area contributed by atoms with Crippen molar-refractivity contribution in [2.24, 2.45) is 0 Å². The van der Waals surface area contributed by atoms with Gasteiger partial charge in [-0.15, -0.1) is 0 Å². The molecule has 3 heterocycles. The van der Waals surface area contributed by atoms with E-state index in [1.165, 1.54) is 0 Å². The number of benzene rings is 1. The lowest BCUT2D eigenvalue weighted by molar-refractivity contribution is -0.141. The van der Waals surface area contributed by atoms with Crippen LogP contribution < -0.4 is 5.32 Å². The van der Waals surface area contributed by atoms with E-state index in [0.717, 1.165) is 4.90 Å². The van der Waals surface area contributed by atoms with Gasteiger partial charge in [0, 0.05) is 12.0 Å². The SMILES string of the molecule is CC(C)c1ccc([C@@H](NC(=O)[C@@H]2C[C@@H](F)CN2C(=O)Cc2nc(C(F)(F)F)co2)c2ccccc2)nc1F. The minimum Gasteiger partial charge on any atom is -0.448 e. The maximum atomic E-state index is 14.7. The summed E-state index contributed by atoms with van der Waals surface area (Å²) in [5.74, 6) is -2.83. The second kappa shape index (κ2) is 10.9. The largest absolute Gasteiger partial charge is 0.448 e. The summed E-state index contributed by atoms with van der Waals surface area (Å²) in [6.07, 6.45) is -6.89. The van der Waals surface area contributed by atoms with Gasteiger partial charge in [0.15, 0.2) is 5.69 Å². The molecule has 12 heteroatoms. The van der Waals surface area contributed by atoms with Crippen LogP contribution in [0.3, 0.4) is 0 Å². The number of nitrogens with one attached hydrogen (secondary N) is 1. The van der Waals surface area contributed by atoms with Crippen LogP contribution in [0.4, 0.5) is 22.0 Å². The summed E-state index contributed by atoms with van der Waals surface area (Å²) in [5, 5.41) is 2.74. The van der Waals surface area contributed by atoms with Crippen molar-refractivity contribution in [3.63, 3.8) is 0 Å². The quantitative estimate of drug-likeness (QED) is 0.348. The number of alkyl halides is 4. The van der Waals surface area contributed by atoms with Crippen molar-refractivity contribution in [3.05, 3.63) is 83.1 Å². The van der Waals surface area contributed by atoms with Crippen LogP contribution >= 0.6 is 0 Å². The molecule has 1 aliphatic heterocycles. The predicted octanol–water partition coefficient (Wildman–Crippen LogP) is 4.74. The van der Waals surface area contributed by atoms with Crippen LogP contribution in [0.1, 0.15) is 60.6 Å². The van der Waals surface area contributed by atoms with Gasteiger partial charge in [-0.25, -0.2) is 14.4 Å². The Balaban J connectivity index is 1.56. The highest BCUT2D eigenvalue weighted by atomic mass is 19.4. The standard InChI is InChI=1S/C26H25F5N4O3/c1-14(2)17-8-9-18(32-24(17)28)23(15-6-4-3-5-7-15)34-25(37)19-10-16(27)12-35(19)22(36)11-21-33-20(13-38-21)26(29,30)31/h3-9,13-14,16,19,23H,10-12H2,1-2H3,(H,34,37)/t16-,19+,23+/m1/s1. The summed E-state index contributed by atoms with van der Waals surface area (Å²) in [5.41, 5.74) is -0.107. The average molecular weight is 537 g/mol. The molecule has 0 saturated carbocycles. The molecule has 2 amide bonds. The lowest BCUT2D eigenvalue weighted by Gasteiger charge is -2.26. The number of nitrogens with zero attached hydrogens (tertiary/aromatic N) is 3. The highest BCUT2D eigenvalue weighted by Crippen LogP contribution is 2.30. The van der Waals surface area contributed by atoms with E-state index in [0.29, 0.717) is 17.4 Å². The van der Waals surface area contributed by atoms with E-state index < -0.39 is 66.7 Å². The first-order valence-corrected chi connectivity index (χ1v) is 11.9. The summed E-state index contributed by atoms with van der Waals surface area (Å²) < 4.78 is 72.2. The normalized spacial score (nSPS) is 18.6. The molecular formula is C26H25F5N4O3. The van der Waals surface area contributed by atoms with Crippen molar-refractivity contribution in [2.75, 3.05) is 6.54 Å². The Morgan fingerprint density at radius 3 is 2.45 bits per heavy atom. The van der Waals surface area contributed by atoms with Crippen LogP contribution in [0.2, 0.25) is 0 Å². The molecule has 38 heavy (non-hydrogen) atoms. The molecule has 4 rings (SSSR count). The van der Waals surface area contributed by atoms with E-state index in [4.69, 9.17) is 4.42 Å². The zero-order chi connectivity index (χ0) is 27.6. The van der Waals surface area contributed by atoms with Crippen LogP contribution in [-0.2, 0) is 22.2 Å². The first-order valence-electron chi connectivity index (χ1n) is 11.9. The van der Waals surface area contributed by atoms with Gasteiger partial charge < -0.3 is 14.6 Å². The Bertz CT molecular complexity index is 1300. The zero-order valence-corrected chi connectivity index (χ0v) is 20.5. The lowest BCUT2D eigenvalue weighted by Crippen LogP contribution is -2.47. The minimum absolute atomic E-state index is 0.114. The van der Waals surface area contributed by atoms with Crippen molar-refractivity contribution in [1.29, 1.82) is 0 Å². The summed E-state index contributed by atoms with van der Waals surface area (Å²) >= 11 is 0. The van der Waals surface area contributed by atoms with Gasteiger partial charge in [0.05, 0.1) is 18.3 Å². The number of aromatic nitrogens is 2. The van der Waals surface area contributed by atoms with E-state index in [1.54, 1.807) is 42.5 Å². The van der Waals surface area contributed by atoms with E-state index in [1.807, 2.05) is 13.8 Å². The maximum absolute atomic E-state index is 14.7. The molecule has 202 valence electrons. The molecule has 1 saturated heterocycles. The molecule has 7 nitrogen and oxygen atoms in total. The van der Waals surface area contributed by atoms with E-state index >= 15 is 0 Å². The van der Waals surface area contributed by atoms with Gasteiger partial charge in [0.25, 0.3) is 0 Å². The molecule has 3 atom stereocenters. The van der Waals surface area contributed by atoms with Crippen molar-refractivity contribution >= 4 is 11.8 Å². The van der Waals surface area contributed by atoms with Crippen molar-refractivity contribution in [2.45, 2.75) is 57.0 Å². The molecule has 1 fully saturated rings. The molecule has 1 aromatic carbocycles. The summed E-state index contributed by atoms with van der Waals surface area (Å²) in [6.45, 7) is 3.21. The van der Waals surface area contributed by atoms with Crippen molar-refractivity contribution in [1.82, 2.24) is 20.2 Å². The molecule has 0 unspecified atom stereocenters. The molecule has 0 spiro atoms. The predicted molar refractivity (Wildman–Crippen MR) is 125 cm³/mol. The monoisotopic (exact) mass is 536 g/mol. The number of hydrogen-bond donors (Lipinski definition) is 1. The Labute approximate surface area is 215 Å². The van der Waals surface area contributed by atoms with Gasteiger partial charge in [0.1, 0.15) is 24.9 Å². The Kier molecular flexibility index (Phi) is 7.79. The number of hydrogen-bond acceptors (Lipinski definition) is 5. The van der Waals surface area contributed by atoms with Crippen molar-refractivity contribution < 1.29 is 36.0 Å². The van der Waals surface area contributed by atoms with Gasteiger partial charge in [-0.2, -0.15) is 17.6 Å². The summed E-state index contributed by atoms with van der Waals surface area (Å²) in [7, 11) is 0. The highest BCUT2D eigenvalue weighted by Gasteiger charge is 2.41. The number of carbonyl (C=O) groups is 2. The second-order valence-electron chi connectivity index (χ2n) is 9.32. The van der Waals surface area contributed by atoms with Gasteiger partial charge in [0.2, 0.25) is 23.7 Å². The first kappa shape index (κ1) is 27.2. The smallest absolute Gasteiger partial charge is 0.436 e. The van der Waals surface area contributed by atoms with Crippen LogP contribution in [0.5, 0.6) is 0 Å². The van der Waals surface area contributed by atoms with Gasteiger partial charge in [-0.3, -0.25) is 9.59 Å². The lowest BCUT2D eigenvalue weighted by atomic mass is 9.99. The molecule has 1 aliphatic rings. The number of likely N-dealkylation sites (tertiary alicyclic amines) is 1. The average Bonchev–Trinajstić information content (AvgIpc) is 3.49. The molecule has 0 aliphatic carbocycles. The van der Waals surface area contributed by atoms with Gasteiger partial charge in [-0.1, -0.05) is 50.2 Å². The third-order valence-electron chi connectivity index (χ3n) is 6.25.